The second kappa shape index (κ2) is 4.02. The molecule has 1 aliphatic rings. The summed E-state index contributed by atoms with van der Waals surface area (Å²) in [6.45, 7) is -0.355. The highest BCUT2D eigenvalue weighted by atomic mass is 32.2. The van der Waals surface area contributed by atoms with Gasteiger partial charge in [0.2, 0.25) is 0 Å². The van der Waals surface area contributed by atoms with Gasteiger partial charge in [-0.1, -0.05) is 11.8 Å². The third kappa shape index (κ3) is 3.85. The summed E-state index contributed by atoms with van der Waals surface area (Å²) in [4.78, 5) is 3.90. The molecule has 12 heavy (non-hydrogen) atoms. The van der Waals surface area contributed by atoms with Crippen LogP contribution in [-0.4, -0.2) is 30.2 Å². The molecule has 6 heteroatoms. The Morgan fingerprint density at radius 2 is 2.25 bits per heavy atom. The molecule has 0 saturated heterocycles. The van der Waals surface area contributed by atoms with Crippen molar-refractivity contribution in [2.45, 2.75) is 12.6 Å². The van der Waals surface area contributed by atoms with Gasteiger partial charge >= 0.3 is 6.18 Å². The first-order valence-electron chi connectivity index (χ1n) is 3.56. The van der Waals surface area contributed by atoms with Gasteiger partial charge in [-0.05, 0) is 6.42 Å². The first-order chi connectivity index (χ1) is 5.58. The highest BCUT2D eigenvalue weighted by Gasteiger charge is 2.27. The Bertz CT molecular complexity index is 178. The summed E-state index contributed by atoms with van der Waals surface area (Å²) in [5.41, 5.74) is 0. The fourth-order valence-electron chi connectivity index (χ4n) is 0.742. The zero-order valence-electron chi connectivity index (χ0n) is 6.32. The van der Waals surface area contributed by atoms with Gasteiger partial charge in [-0.2, -0.15) is 13.2 Å². The van der Waals surface area contributed by atoms with Crippen LogP contribution in [0.1, 0.15) is 6.42 Å². The molecule has 0 saturated carbocycles. The van der Waals surface area contributed by atoms with Crippen molar-refractivity contribution >= 4 is 16.9 Å². The molecule has 70 valence electrons. The molecule has 0 bridgehead atoms. The molecule has 0 aliphatic carbocycles. The van der Waals surface area contributed by atoms with Crippen LogP contribution in [0.4, 0.5) is 13.2 Å². The van der Waals surface area contributed by atoms with Crippen LogP contribution >= 0.6 is 11.8 Å². The van der Waals surface area contributed by atoms with Gasteiger partial charge in [0.1, 0.15) is 6.54 Å². The van der Waals surface area contributed by atoms with Crippen molar-refractivity contribution in [3.8, 4) is 0 Å². The van der Waals surface area contributed by atoms with Crippen LogP contribution in [0, 0.1) is 0 Å². The molecule has 1 aliphatic heterocycles. The van der Waals surface area contributed by atoms with Crippen molar-refractivity contribution < 1.29 is 13.2 Å². The van der Waals surface area contributed by atoms with Crippen molar-refractivity contribution in [1.29, 1.82) is 0 Å². The minimum Gasteiger partial charge on any atom is -0.356 e. The highest BCUT2D eigenvalue weighted by molar-refractivity contribution is 8.13. The lowest BCUT2D eigenvalue weighted by Crippen LogP contribution is -2.33. The van der Waals surface area contributed by atoms with E-state index in [1.54, 1.807) is 0 Å². The number of nitrogens with one attached hydrogen (secondary N) is 1. The first-order valence-corrected chi connectivity index (χ1v) is 4.54. The van der Waals surface area contributed by atoms with E-state index in [1.165, 1.54) is 11.8 Å². The van der Waals surface area contributed by atoms with Crippen molar-refractivity contribution in [3.05, 3.63) is 0 Å². The van der Waals surface area contributed by atoms with Gasteiger partial charge in [0.05, 0.1) is 0 Å². The Hall–Kier alpha value is -0.390. The average Bonchev–Trinajstić information content (AvgIpc) is 2.02. The molecule has 1 rings (SSSR count). The van der Waals surface area contributed by atoms with E-state index >= 15 is 0 Å². The Kier molecular flexibility index (Phi) is 3.25. The van der Waals surface area contributed by atoms with E-state index in [1.807, 2.05) is 0 Å². The fourth-order valence-corrected chi connectivity index (χ4v) is 1.57. The summed E-state index contributed by atoms with van der Waals surface area (Å²) >= 11 is 1.34. The molecule has 0 amide bonds. The molecule has 0 aromatic rings. The molecule has 0 spiro atoms. The maximum Gasteiger partial charge on any atom is 0.405 e. The molecule has 0 fully saturated rings. The van der Waals surface area contributed by atoms with Gasteiger partial charge in [0.25, 0.3) is 0 Å². The number of nitrogens with zero attached hydrogens (tertiary/aromatic N) is 1. The monoisotopic (exact) mass is 198 g/mol. The maximum atomic E-state index is 11.7. The van der Waals surface area contributed by atoms with Crippen LogP contribution in [0.15, 0.2) is 4.99 Å². The molecule has 0 unspecified atom stereocenters. The van der Waals surface area contributed by atoms with E-state index in [0.29, 0.717) is 11.7 Å². The van der Waals surface area contributed by atoms with Gasteiger partial charge in [0, 0.05) is 12.3 Å². The van der Waals surface area contributed by atoms with E-state index in [0.717, 1.165) is 12.2 Å². The van der Waals surface area contributed by atoms with Crippen LogP contribution in [0.25, 0.3) is 0 Å². The number of amidine groups is 1. The van der Waals surface area contributed by atoms with Crippen LogP contribution in [0.5, 0.6) is 0 Å². The van der Waals surface area contributed by atoms with Gasteiger partial charge in [-0.15, -0.1) is 0 Å². The average molecular weight is 198 g/mol. The standard InChI is InChI=1S/C6H9F3N2S/c7-6(8,9)4-11-5-10-2-1-3-12-5/h1-4H2,(H,10,11). The summed E-state index contributed by atoms with van der Waals surface area (Å²) in [6, 6.07) is 0. The Morgan fingerprint density at radius 1 is 1.50 bits per heavy atom. The number of halogens is 3. The van der Waals surface area contributed by atoms with Gasteiger partial charge in [-0.25, -0.2) is 0 Å². The smallest absolute Gasteiger partial charge is 0.356 e. The second-order valence-corrected chi connectivity index (χ2v) is 3.44. The van der Waals surface area contributed by atoms with E-state index in [-0.39, 0.29) is 0 Å². The largest absolute Gasteiger partial charge is 0.405 e. The third-order valence-electron chi connectivity index (χ3n) is 1.24. The quantitative estimate of drug-likeness (QED) is 0.692. The van der Waals surface area contributed by atoms with E-state index in [2.05, 4.69) is 10.3 Å². The molecular weight excluding hydrogens is 189 g/mol. The minimum absolute atomic E-state index is 0.415. The Balaban J connectivity index is 2.26. The number of rotatable bonds is 1. The maximum absolute atomic E-state index is 11.7. The number of thioether (sulfide) groups is 1. The summed E-state index contributed by atoms with van der Waals surface area (Å²) in [5.74, 6) is 0.851. The number of alkyl halides is 3. The van der Waals surface area contributed by atoms with Crippen molar-refractivity contribution in [3.63, 3.8) is 0 Å². The first kappa shape index (κ1) is 9.70. The zero-order chi connectivity index (χ0) is 9.03. The topological polar surface area (TPSA) is 24.4 Å². The molecule has 0 radical (unpaired) electrons. The molecular formula is C6H9F3N2S. The Morgan fingerprint density at radius 3 is 2.75 bits per heavy atom. The molecule has 1 heterocycles. The minimum atomic E-state index is -4.15. The van der Waals surface area contributed by atoms with Gasteiger partial charge in [-0.3, -0.25) is 4.99 Å². The molecule has 0 atom stereocenters. The summed E-state index contributed by atoms with van der Waals surface area (Å²) < 4.78 is 35.1. The summed E-state index contributed by atoms with van der Waals surface area (Å²) in [5, 5.41) is 2.66. The predicted octanol–water partition coefficient (Wildman–Crippen LogP) is 1.63. The van der Waals surface area contributed by atoms with Crippen molar-refractivity contribution in [1.82, 2.24) is 5.32 Å². The number of hydrogen-bond acceptors (Lipinski definition) is 3. The van der Waals surface area contributed by atoms with Gasteiger partial charge in [0.15, 0.2) is 5.17 Å². The normalized spacial score (nSPS) is 18.8. The summed E-state index contributed by atoms with van der Waals surface area (Å²) in [6.07, 6.45) is -3.21. The fraction of sp³-hybridized carbons (Fsp3) is 0.833. The number of aliphatic imine (C=N–C) groups is 1. The lowest BCUT2D eigenvalue weighted by Gasteiger charge is -2.14. The van der Waals surface area contributed by atoms with Crippen LogP contribution in [0.2, 0.25) is 0 Å². The van der Waals surface area contributed by atoms with Crippen molar-refractivity contribution in [2.24, 2.45) is 4.99 Å². The molecule has 0 aromatic heterocycles. The SMILES string of the molecule is FC(F)(F)CNC1=NCCCS1. The Labute approximate surface area is 72.6 Å². The lowest BCUT2D eigenvalue weighted by molar-refractivity contribution is -0.121. The summed E-state index contributed by atoms with van der Waals surface area (Å²) in [7, 11) is 0. The van der Waals surface area contributed by atoms with Gasteiger partial charge < -0.3 is 5.32 Å². The number of hydrogen-bond donors (Lipinski definition) is 1. The highest BCUT2D eigenvalue weighted by Crippen LogP contribution is 2.15. The molecule has 1 N–H and O–H groups in total. The van der Waals surface area contributed by atoms with Crippen LogP contribution in [-0.2, 0) is 0 Å². The van der Waals surface area contributed by atoms with E-state index < -0.39 is 12.7 Å². The van der Waals surface area contributed by atoms with E-state index in [4.69, 9.17) is 0 Å². The van der Waals surface area contributed by atoms with E-state index in [9.17, 15) is 13.2 Å². The lowest BCUT2D eigenvalue weighted by atomic mass is 10.5. The molecule has 2 nitrogen and oxygen atoms in total. The van der Waals surface area contributed by atoms with Crippen LogP contribution in [0.3, 0.4) is 0 Å². The van der Waals surface area contributed by atoms with Crippen molar-refractivity contribution in [2.75, 3.05) is 18.8 Å². The molecule has 0 aromatic carbocycles. The second-order valence-electron chi connectivity index (χ2n) is 2.36. The predicted molar refractivity (Wildman–Crippen MR) is 43.4 cm³/mol. The zero-order valence-corrected chi connectivity index (χ0v) is 7.13. The van der Waals surface area contributed by atoms with Crippen LogP contribution < -0.4 is 5.32 Å². The third-order valence-corrected chi connectivity index (χ3v) is 2.28.